The van der Waals surface area contributed by atoms with Crippen molar-refractivity contribution in [2.24, 2.45) is 0 Å². The first-order chi connectivity index (χ1) is 8.98. The van der Waals surface area contributed by atoms with E-state index < -0.39 is 12.0 Å². The fourth-order valence-electron chi connectivity index (χ4n) is 2.55. The number of hydrogen-bond acceptors (Lipinski definition) is 3. The van der Waals surface area contributed by atoms with Gasteiger partial charge in [-0.15, -0.1) is 0 Å². The number of aromatic nitrogens is 2. The summed E-state index contributed by atoms with van der Waals surface area (Å²) in [7, 11) is 0. The van der Waals surface area contributed by atoms with Crippen molar-refractivity contribution in [2.75, 3.05) is 13.1 Å². The molecule has 0 bridgehead atoms. The third-order valence-corrected chi connectivity index (χ3v) is 3.34. The average Bonchev–Trinajstić information content (AvgIpc) is 2.94. The summed E-state index contributed by atoms with van der Waals surface area (Å²) in [5, 5.41) is 12.9. The number of rotatable bonds is 1. The summed E-state index contributed by atoms with van der Waals surface area (Å²) in [5.41, 5.74) is 0.322. The number of phenolic OH excluding ortho intramolecular Hbond substituents is 1. The van der Waals surface area contributed by atoms with Crippen LogP contribution < -0.4 is 5.32 Å². The third kappa shape index (κ3) is 1.94. The van der Waals surface area contributed by atoms with Gasteiger partial charge in [0.25, 0.3) is 0 Å². The Morgan fingerprint density at radius 2 is 2.16 bits per heavy atom. The van der Waals surface area contributed by atoms with E-state index in [1.165, 1.54) is 18.2 Å². The highest BCUT2D eigenvalue weighted by Gasteiger charge is 2.40. The lowest BCUT2D eigenvalue weighted by molar-refractivity contribution is -0.147. The van der Waals surface area contributed by atoms with E-state index in [1.807, 2.05) is 0 Å². The molecule has 1 unspecified atom stereocenters. The van der Waals surface area contributed by atoms with Gasteiger partial charge >= 0.3 is 6.18 Å². The number of fused-ring (bicyclic) bond motifs is 1. The van der Waals surface area contributed by atoms with Crippen molar-refractivity contribution >= 4 is 11.0 Å². The second-order valence-electron chi connectivity index (χ2n) is 4.59. The lowest BCUT2D eigenvalue weighted by atomic mass is 10.2. The van der Waals surface area contributed by atoms with Gasteiger partial charge in [0.1, 0.15) is 11.3 Å². The molecule has 4 nitrogen and oxygen atoms in total. The van der Waals surface area contributed by atoms with Crippen LogP contribution in [0.2, 0.25) is 0 Å². The molecule has 0 spiro atoms. The maximum Gasteiger partial charge on any atom is 0.449 e. The van der Waals surface area contributed by atoms with Gasteiger partial charge in [0.2, 0.25) is 5.82 Å². The Morgan fingerprint density at radius 3 is 2.79 bits per heavy atom. The van der Waals surface area contributed by atoms with Crippen LogP contribution in [0.5, 0.6) is 5.75 Å². The highest BCUT2D eigenvalue weighted by atomic mass is 19.4. The Morgan fingerprint density at radius 1 is 1.37 bits per heavy atom. The lowest BCUT2D eigenvalue weighted by Gasteiger charge is -2.17. The number of para-hydroxylation sites is 1. The second-order valence-corrected chi connectivity index (χ2v) is 4.59. The van der Waals surface area contributed by atoms with E-state index in [4.69, 9.17) is 0 Å². The quantitative estimate of drug-likeness (QED) is 0.836. The molecular weight excluding hydrogens is 259 g/mol. The number of halogens is 3. The van der Waals surface area contributed by atoms with E-state index in [9.17, 15) is 18.3 Å². The van der Waals surface area contributed by atoms with Crippen molar-refractivity contribution in [3.05, 3.63) is 24.0 Å². The number of nitrogens with one attached hydrogen (secondary N) is 1. The molecule has 19 heavy (non-hydrogen) atoms. The first-order valence-electron chi connectivity index (χ1n) is 5.96. The third-order valence-electron chi connectivity index (χ3n) is 3.34. The Kier molecular flexibility index (Phi) is 2.67. The van der Waals surface area contributed by atoms with E-state index in [2.05, 4.69) is 10.3 Å². The molecule has 1 aliphatic rings. The molecule has 7 heteroatoms. The number of nitrogens with zero attached hydrogens (tertiary/aromatic N) is 2. The highest BCUT2D eigenvalue weighted by Crippen LogP contribution is 2.37. The van der Waals surface area contributed by atoms with Crippen molar-refractivity contribution in [3.8, 4) is 5.75 Å². The van der Waals surface area contributed by atoms with Crippen molar-refractivity contribution in [1.82, 2.24) is 14.9 Å². The molecule has 1 aliphatic heterocycles. The van der Waals surface area contributed by atoms with E-state index in [1.54, 1.807) is 0 Å². The van der Waals surface area contributed by atoms with Gasteiger partial charge < -0.3 is 15.0 Å². The van der Waals surface area contributed by atoms with Crippen LogP contribution in [0.4, 0.5) is 13.2 Å². The number of imidazole rings is 1. The van der Waals surface area contributed by atoms with Crippen LogP contribution in [0.15, 0.2) is 18.2 Å². The van der Waals surface area contributed by atoms with Crippen LogP contribution in [0.1, 0.15) is 18.3 Å². The zero-order chi connectivity index (χ0) is 13.6. The molecule has 3 rings (SSSR count). The van der Waals surface area contributed by atoms with Gasteiger partial charge in [-0.2, -0.15) is 13.2 Å². The van der Waals surface area contributed by atoms with Crippen LogP contribution in [-0.4, -0.2) is 27.7 Å². The van der Waals surface area contributed by atoms with Crippen LogP contribution in [0.25, 0.3) is 11.0 Å². The minimum absolute atomic E-state index is 0.156. The van der Waals surface area contributed by atoms with Crippen LogP contribution >= 0.6 is 0 Å². The van der Waals surface area contributed by atoms with Gasteiger partial charge in [0.15, 0.2) is 0 Å². The fraction of sp³-hybridized carbons (Fsp3) is 0.417. The SMILES string of the molecule is Oc1cccc2nc(C(F)(F)F)n(C3CCNC3)c12. The molecule has 2 aromatic rings. The zero-order valence-electron chi connectivity index (χ0n) is 9.91. The monoisotopic (exact) mass is 271 g/mol. The Labute approximate surface area is 106 Å². The minimum atomic E-state index is -4.53. The summed E-state index contributed by atoms with van der Waals surface area (Å²) in [5.74, 6) is -1.12. The van der Waals surface area contributed by atoms with E-state index >= 15 is 0 Å². The van der Waals surface area contributed by atoms with E-state index in [0.29, 0.717) is 19.5 Å². The summed E-state index contributed by atoms with van der Waals surface area (Å²) in [4.78, 5) is 3.64. The van der Waals surface area contributed by atoms with Crippen molar-refractivity contribution in [2.45, 2.75) is 18.6 Å². The van der Waals surface area contributed by atoms with Gasteiger partial charge in [0, 0.05) is 12.6 Å². The molecule has 0 saturated carbocycles. The van der Waals surface area contributed by atoms with Gasteiger partial charge in [-0.05, 0) is 25.1 Å². The number of hydrogen-bond donors (Lipinski definition) is 2. The van der Waals surface area contributed by atoms with Gasteiger partial charge in [-0.25, -0.2) is 4.98 Å². The van der Waals surface area contributed by atoms with Crippen molar-refractivity contribution in [1.29, 1.82) is 0 Å². The Balaban J connectivity index is 2.30. The maximum absolute atomic E-state index is 13.1. The lowest BCUT2D eigenvalue weighted by Crippen LogP contribution is -2.21. The largest absolute Gasteiger partial charge is 0.506 e. The molecule has 0 radical (unpaired) electrons. The first-order valence-corrected chi connectivity index (χ1v) is 5.96. The summed E-state index contributed by atoms with van der Waals surface area (Å²) in [6.07, 6.45) is -3.95. The van der Waals surface area contributed by atoms with Crippen LogP contribution in [0.3, 0.4) is 0 Å². The number of benzene rings is 1. The number of phenols is 1. The number of aromatic hydroxyl groups is 1. The van der Waals surface area contributed by atoms with Crippen LogP contribution in [-0.2, 0) is 6.18 Å². The number of alkyl halides is 3. The smallest absolute Gasteiger partial charge is 0.449 e. The molecule has 0 amide bonds. The molecule has 2 N–H and O–H groups in total. The van der Waals surface area contributed by atoms with E-state index in [0.717, 1.165) is 4.57 Å². The molecule has 1 fully saturated rings. The predicted molar refractivity (Wildman–Crippen MR) is 62.9 cm³/mol. The summed E-state index contributed by atoms with van der Waals surface area (Å²) in [6.45, 7) is 1.11. The summed E-state index contributed by atoms with van der Waals surface area (Å²) < 4.78 is 40.4. The maximum atomic E-state index is 13.1. The average molecular weight is 271 g/mol. The molecule has 2 heterocycles. The molecule has 1 aromatic heterocycles. The Bertz CT molecular complexity index is 614. The molecule has 1 saturated heterocycles. The normalized spacial score (nSPS) is 20.3. The second kappa shape index (κ2) is 4.12. The summed E-state index contributed by atoms with van der Waals surface area (Å²) >= 11 is 0. The molecule has 1 aromatic carbocycles. The summed E-state index contributed by atoms with van der Waals surface area (Å²) in [6, 6.07) is 4.00. The first kappa shape index (κ1) is 12.3. The highest BCUT2D eigenvalue weighted by molar-refractivity contribution is 5.82. The topological polar surface area (TPSA) is 50.1 Å². The van der Waals surface area contributed by atoms with Crippen molar-refractivity contribution in [3.63, 3.8) is 0 Å². The molecule has 102 valence electrons. The van der Waals surface area contributed by atoms with Crippen molar-refractivity contribution < 1.29 is 18.3 Å². The zero-order valence-corrected chi connectivity index (χ0v) is 9.91. The molecule has 0 aliphatic carbocycles. The minimum Gasteiger partial charge on any atom is -0.506 e. The van der Waals surface area contributed by atoms with E-state index in [-0.39, 0.29) is 22.8 Å². The van der Waals surface area contributed by atoms with Gasteiger partial charge in [-0.1, -0.05) is 6.07 Å². The van der Waals surface area contributed by atoms with Gasteiger partial charge in [0.05, 0.1) is 5.52 Å². The molecular formula is C12H12F3N3O. The standard InChI is InChI=1S/C12H12F3N3O/c13-12(14,15)11-17-8-2-1-3-9(19)10(8)18(11)7-4-5-16-6-7/h1-3,7,16,19H,4-6H2. The predicted octanol–water partition coefficient (Wildman–Crippen LogP) is 2.30. The molecule has 1 atom stereocenters. The van der Waals surface area contributed by atoms with Gasteiger partial charge in [-0.3, -0.25) is 0 Å². The van der Waals surface area contributed by atoms with Crippen LogP contribution in [0, 0.1) is 0 Å². The Hall–Kier alpha value is -1.76. The fourth-order valence-corrected chi connectivity index (χ4v) is 2.55.